The first-order valence-corrected chi connectivity index (χ1v) is 15.7. The second-order valence-corrected chi connectivity index (χ2v) is 12.8. The summed E-state index contributed by atoms with van der Waals surface area (Å²) in [6, 6.07) is 10.1. The number of aromatic nitrogens is 1. The number of para-hydroxylation sites is 1. The van der Waals surface area contributed by atoms with Gasteiger partial charge in [0.05, 0.1) is 47.4 Å². The molecule has 1 aliphatic carbocycles. The van der Waals surface area contributed by atoms with Gasteiger partial charge in [0.2, 0.25) is 5.91 Å². The van der Waals surface area contributed by atoms with Crippen LogP contribution in [0.15, 0.2) is 53.3 Å². The highest BCUT2D eigenvalue weighted by atomic mass is 35.5. The second kappa shape index (κ2) is 12.7. The Morgan fingerprint density at radius 3 is 2.72 bits per heavy atom. The molecule has 4 aromatic rings. The molecular weight excluding hydrogens is 613 g/mol. The molecule has 0 bridgehead atoms. The van der Waals surface area contributed by atoms with Crippen molar-refractivity contribution in [3.63, 3.8) is 0 Å². The van der Waals surface area contributed by atoms with E-state index < -0.39 is 11.9 Å². The molecule has 2 amide bonds. The number of aryl methyl sites for hydroxylation is 1. The lowest BCUT2D eigenvalue weighted by atomic mass is 9.96. The van der Waals surface area contributed by atoms with Crippen molar-refractivity contribution in [2.24, 2.45) is 0 Å². The number of thiazole rings is 1. The number of furan rings is 1. The molecule has 6 rings (SSSR count). The van der Waals surface area contributed by atoms with Crippen LogP contribution < -0.4 is 5.32 Å². The molecule has 2 aromatic carbocycles. The molecule has 43 heavy (non-hydrogen) atoms. The number of carbonyl (C=O) groups is 3. The Hall–Kier alpha value is -3.44. The van der Waals surface area contributed by atoms with Crippen LogP contribution in [0.4, 0.5) is 5.69 Å². The van der Waals surface area contributed by atoms with Crippen molar-refractivity contribution >= 4 is 69.0 Å². The number of halogens is 2. The van der Waals surface area contributed by atoms with E-state index in [1.54, 1.807) is 35.4 Å². The van der Waals surface area contributed by atoms with E-state index in [1.807, 2.05) is 12.1 Å². The van der Waals surface area contributed by atoms with Crippen LogP contribution in [0.3, 0.4) is 0 Å². The van der Waals surface area contributed by atoms with Gasteiger partial charge in [0.25, 0.3) is 5.91 Å². The highest BCUT2D eigenvalue weighted by molar-refractivity contribution is 7.11. The van der Waals surface area contributed by atoms with Crippen molar-refractivity contribution < 1.29 is 28.6 Å². The Kier molecular flexibility index (Phi) is 8.72. The number of fused-ring (bicyclic) bond motifs is 1. The number of hydrogen-bond acceptors (Lipinski definition) is 7. The molecule has 2 aliphatic rings. The van der Waals surface area contributed by atoms with Crippen LogP contribution in [-0.4, -0.2) is 51.5 Å². The van der Waals surface area contributed by atoms with E-state index in [9.17, 15) is 14.4 Å². The van der Waals surface area contributed by atoms with Gasteiger partial charge in [-0.25, -0.2) is 4.98 Å². The van der Waals surface area contributed by atoms with Crippen molar-refractivity contribution in [1.29, 1.82) is 0 Å². The molecule has 2 aromatic heterocycles. The number of nitrogens with zero attached hydrogens (tertiary/aromatic N) is 2. The summed E-state index contributed by atoms with van der Waals surface area (Å²) >= 11 is 14.6. The quantitative estimate of drug-likeness (QED) is 0.193. The van der Waals surface area contributed by atoms with Crippen molar-refractivity contribution in [3.05, 3.63) is 79.9 Å². The fourth-order valence-corrected chi connectivity index (χ4v) is 6.94. The summed E-state index contributed by atoms with van der Waals surface area (Å²) in [5.74, 6) is -1.40. The molecule has 3 heterocycles. The minimum Gasteiger partial charge on any atom is -0.481 e. The van der Waals surface area contributed by atoms with Crippen molar-refractivity contribution in [2.45, 2.75) is 63.2 Å². The molecule has 2 atom stereocenters. The normalized spacial score (nSPS) is 18.6. The lowest BCUT2D eigenvalue weighted by Crippen LogP contribution is -2.35. The second-order valence-electron chi connectivity index (χ2n) is 10.9. The lowest BCUT2D eigenvalue weighted by Gasteiger charge is -2.28. The van der Waals surface area contributed by atoms with Crippen molar-refractivity contribution in [3.8, 4) is 0 Å². The summed E-state index contributed by atoms with van der Waals surface area (Å²) in [7, 11) is 0. The first-order chi connectivity index (χ1) is 20.7. The summed E-state index contributed by atoms with van der Waals surface area (Å²) in [5, 5.41) is 13.8. The molecule has 224 valence electrons. The standard InChI is InChI=1S/C31H29Cl2N3O6S/c32-23-13-25(35-30(40)22-16-41-27-7-2-1-6-21(22)27)24(33)10-17(23)11-28(37)36-15-19(42-18-4-3-5-18)12-26(36)31-34-14-20(43-31)8-9-29(38)39/h1-2,6-7,10,13-14,16,18-19,26H,3-5,8-9,11-12,15H2,(H,35,40)(H,38,39)/t19-,26-/m0/s1. The molecule has 1 saturated heterocycles. The monoisotopic (exact) mass is 641 g/mol. The third-order valence-corrected chi connectivity index (χ3v) is 9.74. The maximum atomic E-state index is 13.7. The van der Waals surface area contributed by atoms with Gasteiger partial charge in [0.1, 0.15) is 16.9 Å². The van der Waals surface area contributed by atoms with E-state index in [1.165, 1.54) is 17.6 Å². The average molecular weight is 643 g/mol. The number of amides is 2. The number of likely N-dealkylation sites (tertiary alicyclic amines) is 1. The smallest absolute Gasteiger partial charge is 0.303 e. The van der Waals surface area contributed by atoms with E-state index >= 15 is 0 Å². The Bertz CT molecular complexity index is 1680. The lowest BCUT2D eigenvalue weighted by molar-refractivity contribution is -0.137. The SMILES string of the molecule is O=C(O)CCc1cnc([C@@H]2C[C@H](OC3CCC3)CN2C(=O)Cc2cc(Cl)c(NC(=O)c3coc4ccccc34)cc2Cl)s1. The first kappa shape index (κ1) is 29.6. The molecule has 12 heteroatoms. The van der Waals surface area contributed by atoms with E-state index in [4.69, 9.17) is 37.5 Å². The van der Waals surface area contributed by atoms with Crippen LogP contribution in [0.25, 0.3) is 11.0 Å². The topological polar surface area (TPSA) is 122 Å². The van der Waals surface area contributed by atoms with Gasteiger partial charge in [0, 0.05) is 34.4 Å². The Morgan fingerprint density at radius 2 is 1.95 bits per heavy atom. The predicted octanol–water partition coefficient (Wildman–Crippen LogP) is 6.92. The molecule has 0 spiro atoms. The summed E-state index contributed by atoms with van der Waals surface area (Å²) in [5.41, 5.74) is 1.82. The van der Waals surface area contributed by atoms with Crippen LogP contribution in [0, 0.1) is 0 Å². The number of benzene rings is 2. The number of rotatable bonds is 10. The molecule has 9 nitrogen and oxygen atoms in total. The molecule has 0 radical (unpaired) electrons. The first-order valence-electron chi connectivity index (χ1n) is 14.1. The van der Waals surface area contributed by atoms with Crippen LogP contribution in [0.2, 0.25) is 10.0 Å². The van der Waals surface area contributed by atoms with Gasteiger partial charge in [-0.2, -0.15) is 0 Å². The molecule has 2 N–H and O–H groups in total. The third kappa shape index (κ3) is 6.57. The Labute approximate surface area is 261 Å². The average Bonchev–Trinajstić information content (AvgIpc) is 3.70. The Morgan fingerprint density at radius 1 is 1.14 bits per heavy atom. The predicted molar refractivity (Wildman–Crippen MR) is 164 cm³/mol. The van der Waals surface area contributed by atoms with Crippen LogP contribution in [0.5, 0.6) is 0 Å². The summed E-state index contributed by atoms with van der Waals surface area (Å²) in [6.45, 7) is 0.433. The van der Waals surface area contributed by atoms with E-state index in [2.05, 4.69) is 10.3 Å². The van der Waals surface area contributed by atoms with Crippen molar-refractivity contribution in [2.75, 3.05) is 11.9 Å². The summed E-state index contributed by atoms with van der Waals surface area (Å²) in [6.07, 6.45) is 7.45. The van der Waals surface area contributed by atoms with Gasteiger partial charge in [-0.05, 0) is 49.4 Å². The number of nitrogens with one attached hydrogen (secondary N) is 1. The van der Waals surface area contributed by atoms with Gasteiger partial charge in [0.15, 0.2) is 0 Å². The van der Waals surface area contributed by atoms with Crippen LogP contribution >= 0.6 is 34.5 Å². The van der Waals surface area contributed by atoms with Gasteiger partial charge >= 0.3 is 5.97 Å². The fourth-order valence-electron chi connectivity index (χ4n) is 5.43. The Balaban J connectivity index is 1.17. The van der Waals surface area contributed by atoms with E-state index in [0.29, 0.717) is 52.2 Å². The molecule has 1 saturated carbocycles. The van der Waals surface area contributed by atoms with E-state index in [0.717, 1.165) is 29.1 Å². The zero-order valence-corrected chi connectivity index (χ0v) is 25.4. The maximum absolute atomic E-state index is 13.7. The largest absolute Gasteiger partial charge is 0.481 e. The van der Waals surface area contributed by atoms with Crippen molar-refractivity contribution in [1.82, 2.24) is 9.88 Å². The molecular formula is C31H29Cl2N3O6S. The third-order valence-electron chi connectivity index (χ3n) is 7.91. The minimum absolute atomic E-state index is 0.00302. The molecule has 2 fully saturated rings. The van der Waals surface area contributed by atoms with E-state index in [-0.39, 0.29) is 42.0 Å². The maximum Gasteiger partial charge on any atom is 0.303 e. The van der Waals surface area contributed by atoms with Gasteiger partial charge in [-0.15, -0.1) is 11.3 Å². The number of carbonyl (C=O) groups excluding carboxylic acids is 2. The summed E-state index contributed by atoms with van der Waals surface area (Å²) < 4.78 is 11.8. The highest BCUT2D eigenvalue weighted by Crippen LogP contribution is 2.39. The molecule has 1 aliphatic heterocycles. The number of hydrogen-bond donors (Lipinski definition) is 2. The number of anilines is 1. The van der Waals surface area contributed by atoms with Crippen LogP contribution in [-0.2, 0) is 27.2 Å². The molecule has 0 unspecified atom stereocenters. The summed E-state index contributed by atoms with van der Waals surface area (Å²) in [4.78, 5) is 45.0. The van der Waals surface area contributed by atoms with Gasteiger partial charge in [-0.1, -0.05) is 41.4 Å². The van der Waals surface area contributed by atoms with Gasteiger partial charge < -0.3 is 24.5 Å². The zero-order chi connectivity index (χ0) is 30.1. The number of ether oxygens (including phenoxy) is 1. The van der Waals surface area contributed by atoms with Crippen LogP contribution in [0.1, 0.15) is 64.0 Å². The zero-order valence-electron chi connectivity index (χ0n) is 23.1. The minimum atomic E-state index is -0.863. The number of carboxylic acids is 1. The number of carboxylic acid groups (broad SMARTS) is 1. The number of aliphatic carboxylic acids is 1. The highest BCUT2D eigenvalue weighted by Gasteiger charge is 2.40. The van der Waals surface area contributed by atoms with Gasteiger partial charge in [-0.3, -0.25) is 14.4 Å². The fraction of sp³-hybridized carbons (Fsp3) is 0.355.